The Morgan fingerprint density at radius 1 is 0.704 bits per heavy atom. The molecule has 1 aliphatic rings. The summed E-state index contributed by atoms with van der Waals surface area (Å²) in [7, 11) is -1.72. The SMILES string of the molecule is C[Si]1(C)c2ccccc2-c2c1cc(OCc1ccccc1)c1ccccc21. The van der Waals surface area contributed by atoms with E-state index in [1.54, 1.807) is 0 Å². The van der Waals surface area contributed by atoms with Gasteiger partial charge in [0.05, 0.1) is 0 Å². The van der Waals surface area contributed by atoms with Crippen molar-refractivity contribution in [1.82, 2.24) is 0 Å². The molecular formula is C25H22OSi. The molecule has 0 saturated carbocycles. The second-order valence-electron chi connectivity index (χ2n) is 7.79. The van der Waals surface area contributed by atoms with Gasteiger partial charge in [-0.25, -0.2) is 0 Å². The third-order valence-corrected chi connectivity index (χ3v) is 9.31. The normalized spacial score (nSPS) is 14.0. The summed E-state index contributed by atoms with van der Waals surface area (Å²) in [5.74, 6) is 1.00. The van der Waals surface area contributed by atoms with Crippen LogP contribution in [0.15, 0.2) is 84.9 Å². The number of ether oxygens (including phenoxy) is 1. The molecule has 0 fully saturated rings. The molecule has 5 rings (SSSR count). The second-order valence-corrected chi connectivity index (χ2v) is 12.1. The van der Waals surface area contributed by atoms with Gasteiger partial charge in [0.1, 0.15) is 20.4 Å². The van der Waals surface area contributed by atoms with Crippen molar-refractivity contribution in [3.05, 3.63) is 90.5 Å². The Bertz CT molecular complexity index is 1150. The van der Waals surface area contributed by atoms with Gasteiger partial charge in [-0.15, -0.1) is 0 Å². The molecule has 0 N–H and O–H groups in total. The largest absolute Gasteiger partial charge is 0.488 e. The summed E-state index contributed by atoms with van der Waals surface area (Å²) < 4.78 is 6.34. The molecule has 0 unspecified atom stereocenters. The van der Waals surface area contributed by atoms with Crippen molar-refractivity contribution in [3.8, 4) is 16.9 Å². The van der Waals surface area contributed by atoms with Gasteiger partial charge in [-0.2, -0.15) is 0 Å². The minimum Gasteiger partial charge on any atom is -0.488 e. The third kappa shape index (κ3) is 2.52. The Hall–Kier alpha value is -2.84. The van der Waals surface area contributed by atoms with Crippen LogP contribution in [-0.2, 0) is 6.61 Å². The highest BCUT2D eigenvalue weighted by atomic mass is 28.3. The summed E-state index contributed by atoms with van der Waals surface area (Å²) in [4.78, 5) is 0. The number of fused-ring (bicyclic) bond motifs is 5. The molecule has 4 aromatic rings. The highest BCUT2D eigenvalue weighted by Gasteiger charge is 2.38. The fourth-order valence-electron chi connectivity index (χ4n) is 4.37. The Balaban J connectivity index is 1.70. The topological polar surface area (TPSA) is 9.23 Å². The summed E-state index contributed by atoms with van der Waals surface area (Å²) in [5, 5.41) is 5.54. The smallest absolute Gasteiger partial charge is 0.127 e. The number of hydrogen-bond acceptors (Lipinski definition) is 1. The van der Waals surface area contributed by atoms with Crippen LogP contribution in [0.5, 0.6) is 5.75 Å². The van der Waals surface area contributed by atoms with E-state index in [1.165, 1.54) is 37.8 Å². The summed E-state index contributed by atoms with van der Waals surface area (Å²) in [6.07, 6.45) is 0. The Morgan fingerprint density at radius 3 is 2.19 bits per heavy atom. The molecule has 1 nitrogen and oxygen atoms in total. The minimum absolute atomic E-state index is 0.596. The van der Waals surface area contributed by atoms with E-state index in [0.717, 1.165) is 5.75 Å². The lowest BCUT2D eigenvalue weighted by atomic mass is 9.98. The van der Waals surface area contributed by atoms with E-state index >= 15 is 0 Å². The quantitative estimate of drug-likeness (QED) is 0.452. The van der Waals surface area contributed by atoms with E-state index in [4.69, 9.17) is 4.74 Å². The average molecular weight is 367 g/mol. The molecule has 4 aromatic carbocycles. The predicted molar refractivity (Wildman–Crippen MR) is 117 cm³/mol. The van der Waals surface area contributed by atoms with Crippen molar-refractivity contribution in [1.29, 1.82) is 0 Å². The second kappa shape index (κ2) is 6.10. The van der Waals surface area contributed by atoms with Gasteiger partial charge in [0, 0.05) is 5.39 Å². The van der Waals surface area contributed by atoms with E-state index in [9.17, 15) is 0 Å². The maximum absolute atomic E-state index is 6.34. The summed E-state index contributed by atoms with van der Waals surface area (Å²) in [6, 6.07) is 30.3. The number of rotatable bonds is 3. The van der Waals surface area contributed by atoms with Crippen LogP contribution in [0.4, 0.5) is 0 Å². The van der Waals surface area contributed by atoms with Crippen LogP contribution in [0.25, 0.3) is 21.9 Å². The van der Waals surface area contributed by atoms with Crippen LogP contribution in [0.2, 0.25) is 13.1 Å². The molecule has 0 atom stereocenters. The fraction of sp³-hybridized carbons (Fsp3) is 0.120. The van der Waals surface area contributed by atoms with Crippen LogP contribution in [-0.4, -0.2) is 8.07 Å². The molecule has 27 heavy (non-hydrogen) atoms. The molecular weight excluding hydrogens is 344 g/mol. The van der Waals surface area contributed by atoms with E-state index < -0.39 is 8.07 Å². The summed E-state index contributed by atoms with van der Waals surface area (Å²) >= 11 is 0. The van der Waals surface area contributed by atoms with E-state index in [0.29, 0.717) is 6.61 Å². The highest BCUT2D eigenvalue weighted by Crippen LogP contribution is 2.38. The number of benzene rings is 4. The van der Waals surface area contributed by atoms with Crippen molar-refractivity contribution < 1.29 is 4.74 Å². The van der Waals surface area contributed by atoms with Crippen molar-refractivity contribution in [3.63, 3.8) is 0 Å². The Labute approximate surface area is 161 Å². The first kappa shape index (κ1) is 16.3. The van der Waals surface area contributed by atoms with Crippen LogP contribution in [0, 0.1) is 0 Å². The maximum atomic E-state index is 6.34. The first-order chi connectivity index (χ1) is 13.2. The van der Waals surface area contributed by atoms with Crippen molar-refractivity contribution in [2.24, 2.45) is 0 Å². The Kier molecular flexibility index (Phi) is 3.69. The van der Waals surface area contributed by atoms with E-state index in [2.05, 4.69) is 92.0 Å². The first-order valence-corrected chi connectivity index (χ1v) is 12.5. The predicted octanol–water partition coefficient (Wildman–Crippen LogP) is 5.22. The molecule has 0 aromatic heterocycles. The van der Waals surface area contributed by atoms with E-state index in [1.807, 2.05) is 6.07 Å². The zero-order valence-corrected chi connectivity index (χ0v) is 16.7. The molecule has 2 heteroatoms. The lowest BCUT2D eigenvalue weighted by molar-refractivity contribution is 0.310. The zero-order chi connectivity index (χ0) is 18.4. The zero-order valence-electron chi connectivity index (χ0n) is 15.7. The van der Waals surface area contributed by atoms with Gasteiger partial charge in [0.15, 0.2) is 0 Å². The summed E-state index contributed by atoms with van der Waals surface area (Å²) in [5.41, 5.74) is 4.03. The fourth-order valence-corrected chi connectivity index (χ4v) is 7.44. The molecule has 1 aliphatic heterocycles. The molecule has 1 heterocycles. The van der Waals surface area contributed by atoms with Gasteiger partial charge in [-0.05, 0) is 38.5 Å². The first-order valence-electron chi connectivity index (χ1n) is 9.49. The molecule has 0 aliphatic carbocycles. The lowest BCUT2D eigenvalue weighted by Gasteiger charge is -2.20. The minimum atomic E-state index is -1.72. The van der Waals surface area contributed by atoms with Crippen LogP contribution < -0.4 is 15.1 Å². The van der Waals surface area contributed by atoms with Gasteiger partial charge < -0.3 is 4.74 Å². The lowest BCUT2D eigenvalue weighted by Crippen LogP contribution is -2.49. The van der Waals surface area contributed by atoms with Crippen molar-refractivity contribution >= 4 is 29.2 Å². The van der Waals surface area contributed by atoms with Gasteiger partial charge in [0.25, 0.3) is 0 Å². The standard InChI is InChI=1S/C25H22OSi/c1-27(2)23-15-9-8-14-21(23)25-20-13-7-6-12-19(20)22(16-24(25)27)26-17-18-10-4-3-5-11-18/h3-16H,17H2,1-2H3. The number of hydrogen-bond donors (Lipinski definition) is 0. The Morgan fingerprint density at radius 2 is 1.37 bits per heavy atom. The molecule has 0 amide bonds. The third-order valence-electron chi connectivity index (χ3n) is 5.79. The molecule has 0 bridgehead atoms. The van der Waals surface area contributed by atoms with Gasteiger partial charge in [-0.3, -0.25) is 0 Å². The van der Waals surface area contributed by atoms with Gasteiger partial charge >= 0.3 is 0 Å². The molecule has 0 saturated heterocycles. The van der Waals surface area contributed by atoms with Crippen molar-refractivity contribution in [2.75, 3.05) is 0 Å². The highest BCUT2D eigenvalue weighted by molar-refractivity contribution is 7.04. The molecule has 132 valence electrons. The van der Waals surface area contributed by atoms with E-state index in [-0.39, 0.29) is 0 Å². The summed E-state index contributed by atoms with van der Waals surface area (Å²) in [6.45, 7) is 5.50. The van der Waals surface area contributed by atoms with Crippen molar-refractivity contribution in [2.45, 2.75) is 19.7 Å². The molecule has 0 radical (unpaired) electrons. The van der Waals surface area contributed by atoms with Gasteiger partial charge in [-0.1, -0.05) is 92.0 Å². The van der Waals surface area contributed by atoms with Gasteiger partial charge in [0.2, 0.25) is 0 Å². The monoisotopic (exact) mass is 366 g/mol. The maximum Gasteiger partial charge on any atom is 0.127 e. The van der Waals surface area contributed by atoms with Crippen LogP contribution in [0.1, 0.15) is 5.56 Å². The average Bonchev–Trinajstić information content (AvgIpc) is 2.94. The molecule has 0 spiro atoms. The van der Waals surface area contributed by atoms with Crippen LogP contribution >= 0.6 is 0 Å². The van der Waals surface area contributed by atoms with Crippen LogP contribution in [0.3, 0.4) is 0 Å².